The summed E-state index contributed by atoms with van der Waals surface area (Å²) < 4.78 is 13.3. The number of hydrogen-bond acceptors (Lipinski definition) is 5. The molecule has 0 N–H and O–H groups in total. The normalized spacial score (nSPS) is 11.7. The fourth-order valence-electron chi connectivity index (χ4n) is 7.69. The Labute approximate surface area is 309 Å². The molecule has 11 aromatic rings. The molecule has 252 valence electrons. The molecule has 0 amide bonds. The Bertz CT molecular complexity index is 3080. The minimum Gasteiger partial charge on any atom is -0.455 e. The maximum atomic E-state index is 6.63. The van der Waals surface area contributed by atoms with Gasteiger partial charge in [-0.15, -0.1) is 0 Å². The van der Waals surface area contributed by atoms with E-state index in [0.29, 0.717) is 17.5 Å². The van der Waals surface area contributed by atoms with Crippen LogP contribution in [0.5, 0.6) is 0 Å². The summed E-state index contributed by atoms with van der Waals surface area (Å²) in [5.41, 5.74) is 10.5. The Kier molecular flexibility index (Phi) is 6.79. The summed E-state index contributed by atoms with van der Waals surface area (Å²) in [5.74, 6) is 1.78. The van der Waals surface area contributed by atoms with Crippen molar-refractivity contribution in [3.05, 3.63) is 176 Å². The van der Waals surface area contributed by atoms with Crippen molar-refractivity contribution in [3.8, 4) is 56.4 Å². The molecule has 0 radical (unpaired) electrons. The zero-order valence-electron chi connectivity index (χ0n) is 28.9. The minimum absolute atomic E-state index is 0.576. The summed E-state index contributed by atoms with van der Waals surface area (Å²) in [5, 5.41) is 6.21. The molecule has 0 saturated carbocycles. The molecule has 0 aliphatic heterocycles. The molecule has 0 unspecified atom stereocenters. The van der Waals surface area contributed by atoms with Gasteiger partial charge in [-0.1, -0.05) is 152 Å². The average molecular weight is 692 g/mol. The molecule has 8 aromatic carbocycles. The Morgan fingerprint density at radius 2 is 0.704 bits per heavy atom. The summed E-state index contributed by atoms with van der Waals surface area (Å²) in [4.78, 5) is 15.3. The van der Waals surface area contributed by atoms with Gasteiger partial charge < -0.3 is 8.83 Å². The van der Waals surface area contributed by atoms with Crippen LogP contribution in [-0.2, 0) is 0 Å². The highest BCUT2D eigenvalue weighted by molar-refractivity contribution is 6.33. The van der Waals surface area contributed by atoms with E-state index in [1.165, 1.54) is 0 Å². The number of hydrogen-bond donors (Lipinski definition) is 0. The molecule has 0 aliphatic carbocycles. The molecule has 0 bridgehead atoms. The van der Waals surface area contributed by atoms with Crippen LogP contribution in [0.3, 0.4) is 0 Å². The van der Waals surface area contributed by atoms with Crippen LogP contribution in [-0.4, -0.2) is 15.0 Å². The first-order valence-corrected chi connectivity index (χ1v) is 18.0. The molecule has 0 saturated heterocycles. The first kappa shape index (κ1) is 30.3. The minimum atomic E-state index is 0.576. The van der Waals surface area contributed by atoms with E-state index in [1.807, 2.05) is 36.4 Å². The lowest BCUT2D eigenvalue weighted by Crippen LogP contribution is -2.00. The molecular weight excluding hydrogens is 663 g/mol. The van der Waals surface area contributed by atoms with Crippen LogP contribution < -0.4 is 0 Å². The summed E-state index contributed by atoms with van der Waals surface area (Å²) >= 11 is 0. The SMILES string of the molecule is c1ccc(-c2ccc(-c3nc(-c4ccc(-c5ccccc5)cc4)nc(-c4ccc5oc6c7ccccc7c7c8ccccc8oc7c6c5c4)n3)cc2)cc1. The van der Waals surface area contributed by atoms with Gasteiger partial charge in [-0.3, -0.25) is 0 Å². The predicted octanol–water partition coefficient (Wildman–Crippen LogP) is 13.2. The van der Waals surface area contributed by atoms with Gasteiger partial charge in [-0.05, 0) is 51.9 Å². The third-order valence-corrected chi connectivity index (χ3v) is 10.3. The molecular formula is C49H29N3O2. The molecule has 5 nitrogen and oxygen atoms in total. The second-order valence-electron chi connectivity index (χ2n) is 13.6. The van der Waals surface area contributed by atoms with Crippen LogP contribution in [0.4, 0.5) is 0 Å². The maximum Gasteiger partial charge on any atom is 0.164 e. The quantitative estimate of drug-likeness (QED) is 0.180. The number of fused-ring (bicyclic) bond motifs is 10. The van der Waals surface area contributed by atoms with E-state index in [0.717, 1.165) is 93.6 Å². The lowest BCUT2D eigenvalue weighted by molar-refractivity contribution is 0.665. The Morgan fingerprint density at radius 1 is 0.278 bits per heavy atom. The molecule has 5 heteroatoms. The van der Waals surface area contributed by atoms with E-state index in [2.05, 4.69) is 140 Å². The van der Waals surface area contributed by atoms with E-state index in [4.69, 9.17) is 23.8 Å². The monoisotopic (exact) mass is 691 g/mol. The molecule has 3 aromatic heterocycles. The highest BCUT2D eigenvalue weighted by Crippen LogP contribution is 2.45. The van der Waals surface area contributed by atoms with E-state index < -0.39 is 0 Å². The van der Waals surface area contributed by atoms with Crippen molar-refractivity contribution in [2.24, 2.45) is 0 Å². The summed E-state index contributed by atoms with van der Waals surface area (Å²) in [6.07, 6.45) is 0. The average Bonchev–Trinajstić information content (AvgIpc) is 3.83. The van der Waals surface area contributed by atoms with Gasteiger partial charge in [0, 0.05) is 38.2 Å². The number of nitrogens with zero attached hydrogens (tertiary/aromatic N) is 3. The zero-order chi connectivity index (χ0) is 35.6. The van der Waals surface area contributed by atoms with E-state index in [9.17, 15) is 0 Å². The Morgan fingerprint density at radius 3 is 1.31 bits per heavy atom. The van der Waals surface area contributed by atoms with Crippen molar-refractivity contribution in [1.82, 2.24) is 15.0 Å². The smallest absolute Gasteiger partial charge is 0.164 e. The lowest BCUT2D eigenvalue weighted by Gasteiger charge is -2.10. The fourth-order valence-corrected chi connectivity index (χ4v) is 7.69. The number of benzene rings is 8. The molecule has 3 heterocycles. The Hall–Kier alpha value is -7.37. The highest BCUT2D eigenvalue weighted by Gasteiger charge is 2.22. The van der Waals surface area contributed by atoms with Gasteiger partial charge in [0.15, 0.2) is 17.5 Å². The van der Waals surface area contributed by atoms with Crippen molar-refractivity contribution < 1.29 is 8.83 Å². The second kappa shape index (κ2) is 12.1. The summed E-state index contributed by atoms with van der Waals surface area (Å²) in [6.45, 7) is 0. The Balaban J connectivity index is 1.11. The molecule has 0 fully saturated rings. The van der Waals surface area contributed by atoms with Crippen molar-refractivity contribution >= 4 is 54.6 Å². The van der Waals surface area contributed by atoms with Gasteiger partial charge in [0.2, 0.25) is 0 Å². The molecule has 0 aliphatic rings. The highest BCUT2D eigenvalue weighted by atomic mass is 16.3. The number of aromatic nitrogens is 3. The molecule has 54 heavy (non-hydrogen) atoms. The van der Waals surface area contributed by atoms with Gasteiger partial charge in [0.25, 0.3) is 0 Å². The van der Waals surface area contributed by atoms with Crippen LogP contribution in [0.1, 0.15) is 0 Å². The van der Waals surface area contributed by atoms with Gasteiger partial charge in [-0.2, -0.15) is 0 Å². The zero-order valence-corrected chi connectivity index (χ0v) is 28.9. The van der Waals surface area contributed by atoms with Gasteiger partial charge in [0.1, 0.15) is 22.3 Å². The summed E-state index contributed by atoms with van der Waals surface area (Å²) in [6, 6.07) is 60.3. The van der Waals surface area contributed by atoms with Crippen molar-refractivity contribution in [1.29, 1.82) is 0 Å². The molecule has 0 atom stereocenters. The number of furan rings is 2. The van der Waals surface area contributed by atoms with Crippen LogP contribution in [0, 0.1) is 0 Å². The standard InChI is InChI=1S/C49H29N3O2/c1-3-11-30(12-4-1)32-19-23-34(24-20-32)47-50-48(35-25-21-33(22-26-35)31-13-5-2-6-14-31)52-49(51-47)36-27-28-42-40(29-36)44-45(53-42)38-16-8-7-15-37(38)43-39-17-9-10-18-41(39)54-46(43)44/h1-29H. The van der Waals surface area contributed by atoms with Gasteiger partial charge in [-0.25, -0.2) is 15.0 Å². The first-order valence-electron chi connectivity index (χ1n) is 18.0. The third kappa shape index (κ3) is 4.90. The largest absolute Gasteiger partial charge is 0.455 e. The fraction of sp³-hybridized carbons (Fsp3) is 0. The van der Waals surface area contributed by atoms with Crippen LogP contribution in [0.15, 0.2) is 185 Å². The van der Waals surface area contributed by atoms with Crippen LogP contribution in [0.25, 0.3) is 111 Å². The van der Waals surface area contributed by atoms with Crippen LogP contribution in [0.2, 0.25) is 0 Å². The van der Waals surface area contributed by atoms with E-state index >= 15 is 0 Å². The molecule has 11 rings (SSSR count). The lowest BCUT2D eigenvalue weighted by atomic mass is 9.99. The first-order chi connectivity index (χ1) is 26.7. The van der Waals surface area contributed by atoms with Crippen molar-refractivity contribution in [2.75, 3.05) is 0 Å². The van der Waals surface area contributed by atoms with E-state index in [1.54, 1.807) is 0 Å². The number of rotatable bonds is 5. The third-order valence-electron chi connectivity index (χ3n) is 10.3. The summed E-state index contributed by atoms with van der Waals surface area (Å²) in [7, 11) is 0. The predicted molar refractivity (Wildman–Crippen MR) is 219 cm³/mol. The second-order valence-corrected chi connectivity index (χ2v) is 13.6. The molecule has 0 spiro atoms. The number of para-hydroxylation sites is 1. The maximum absolute atomic E-state index is 6.63. The van der Waals surface area contributed by atoms with Gasteiger partial charge >= 0.3 is 0 Å². The van der Waals surface area contributed by atoms with Crippen molar-refractivity contribution in [3.63, 3.8) is 0 Å². The van der Waals surface area contributed by atoms with E-state index in [-0.39, 0.29) is 0 Å². The topological polar surface area (TPSA) is 65.0 Å². The van der Waals surface area contributed by atoms with Gasteiger partial charge in [0.05, 0.1) is 5.39 Å². The van der Waals surface area contributed by atoms with Crippen molar-refractivity contribution in [2.45, 2.75) is 0 Å². The van der Waals surface area contributed by atoms with Crippen LogP contribution >= 0.6 is 0 Å².